The quantitative estimate of drug-likeness (QED) is 0.681. The Labute approximate surface area is 87.0 Å². The van der Waals surface area contributed by atoms with Gasteiger partial charge in [0, 0.05) is 12.4 Å². The van der Waals surface area contributed by atoms with Crippen molar-refractivity contribution in [3.63, 3.8) is 0 Å². The summed E-state index contributed by atoms with van der Waals surface area (Å²) in [6.45, 7) is 0. The summed E-state index contributed by atoms with van der Waals surface area (Å²) in [5.74, 6) is -0.913. The molecule has 5 nitrogen and oxygen atoms in total. The van der Waals surface area contributed by atoms with Crippen molar-refractivity contribution in [2.45, 2.75) is 6.42 Å². The van der Waals surface area contributed by atoms with E-state index in [0.717, 1.165) is 0 Å². The summed E-state index contributed by atoms with van der Waals surface area (Å²) in [5.41, 5.74) is 0.828. The van der Waals surface area contributed by atoms with E-state index >= 15 is 0 Å². The molecule has 1 aromatic heterocycles. The van der Waals surface area contributed by atoms with Crippen molar-refractivity contribution < 1.29 is 19.1 Å². The van der Waals surface area contributed by atoms with Crippen molar-refractivity contribution in [1.29, 1.82) is 0 Å². The minimum Gasteiger partial charge on any atom is -0.469 e. The summed E-state index contributed by atoms with van der Waals surface area (Å²) in [4.78, 5) is 26.2. The minimum atomic E-state index is -0.490. The van der Waals surface area contributed by atoms with E-state index in [9.17, 15) is 9.59 Å². The molecule has 0 aromatic carbocycles. The van der Waals surface area contributed by atoms with E-state index in [1.165, 1.54) is 32.7 Å². The summed E-state index contributed by atoms with van der Waals surface area (Å²) in [6.07, 6.45) is 2.92. The molecule has 15 heavy (non-hydrogen) atoms. The van der Waals surface area contributed by atoms with Crippen molar-refractivity contribution in [3.8, 4) is 0 Å². The number of pyridine rings is 1. The van der Waals surface area contributed by atoms with Gasteiger partial charge in [0.05, 0.1) is 26.2 Å². The average molecular weight is 209 g/mol. The average Bonchev–Trinajstić information content (AvgIpc) is 2.28. The molecular formula is C10H11NO4. The molecule has 0 spiro atoms. The molecular weight excluding hydrogens is 198 g/mol. The molecule has 0 aliphatic heterocycles. The zero-order valence-corrected chi connectivity index (χ0v) is 8.52. The second-order valence-corrected chi connectivity index (χ2v) is 2.78. The Hall–Kier alpha value is -1.91. The highest BCUT2D eigenvalue weighted by atomic mass is 16.5. The van der Waals surface area contributed by atoms with E-state index in [2.05, 4.69) is 14.5 Å². The number of carbonyl (C=O) groups is 2. The minimum absolute atomic E-state index is 0.00870. The van der Waals surface area contributed by atoms with Gasteiger partial charge in [-0.25, -0.2) is 4.79 Å². The zero-order chi connectivity index (χ0) is 11.3. The Bertz CT molecular complexity index is 375. The highest BCUT2D eigenvalue weighted by Gasteiger charge is 2.14. The maximum absolute atomic E-state index is 11.3. The Balaban J connectivity index is 2.96. The van der Waals surface area contributed by atoms with Crippen LogP contribution < -0.4 is 0 Å². The van der Waals surface area contributed by atoms with Gasteiger partial charge in [-0.15, -0.1) is 0 Å². The maximum atomic E-state index is 11.3. The van der Waals surface area contributed by atoms with Gasteiger partial charge in [-0.3, -0.25) is 9.78 Å². The van der Waals surface area contributed by atoms with Gasteiger partial charge in [0.25, 0.3) is 0 Å². The highest BCUT2D eigenvalue weighted by molar-refractivity contribution is 5.92. The van der Waals surface area contributed by atoms with Crippen molar-refractivity contribution in [2.75, 3.05) is 14.2 Å². The van der Waals surface area contributed by atoms with Gasteiger partial charge < -0.3 is 9.47 Å². The van der Waals surface area contributed by atoms with Gasteiger partial charge in [-0.1, -0.05) is 0 Å². The van der Waals surface area contributed by atoms with Crippen molar-refractivity contribution in [1.82, 2.24) is 4.98 Å². The number of hydrogen-bond acceptors (Lipinski definition) is 5. The number of hydrogen-bond donors (Lipinski definition) is 0. The lowest BCUT2D eigenvalue weighted by atomic mass is 10.1. The second kappa shape index (κ2) is 5.09. The monoisotopic (exact) mass is 209 g/mol. The van der Waals surface area contributed by atoms with Crippen LogP contribution in [0.5, 0.6) is 0 Å². The number of aromatic nitrogens is 1. The molecule has 1 rings (SSSR count). The lowest BCUT2D eigenvalue weighted by molar-refractivity contribution is -0.139. The maximum Gasteiger partial charge on any atom is 0.338 e. The van der Waals surface area contributed by atoms with Crippen LogP contribution in [0.3, 0.4) is 0 Å². The van der Waals surface area contributed by atoms with Gasteiger partial charge in [0.2, 0.25) is 0 Å². The van der Waals surface area contributed by atoms with Crippen LogP contribution in [-0.2, 0) is 20.7 Å². The first kappa shape index (κ1) is 11.2. The molecule has 0 N–H and O–H groups in total. The summed E-state index contributed by atoms with van der Waals surface area (Å²) in [7, 11) is 2.57. The smallest absolute Gasteiger partial charge is 0.338 e. The van der Waals surface area contributed by atoms with Crippen molar-refractivity contribution >= 4 is 11.9 Å². The third kappa shape index (κ3) is 2.77. The van der Waals surface area contributed by atoms with Crippen LogP contribution in [0.15, 0.2) is 18.5 Å². The molecule has 0 radical (unpaired) electrons. The molecule has 80 valence electrons. The van der Waals surface area contributed by atoms with Crippen LogP contribution in [0.4, 0.5) is 0 Å². The molecule has 1 aromatic rings. The Kier molecular flexibility index (Phi) is 3.79. The summed E-state index contributed by atoms with van der Waals surface area (Å²) in [6, 6.07) is 1.50. The SMILES string of the molecule is COC(=O)Cc1cnccc1C(=O)OC. The second-order valence-electron chi connectivity index (χ2n) is 2.78. The van der Waals surface area contributed by atoms with Gasteiger partial charge >= 0.3 is 11.9 Å². The van der Waals surface area contributed by atoms with E-state index < -0.39 is 11.9 Å². The molecule has 0 saturated heterocycles. The van der Waals surface area contributed by atoms with E-state index in [1.54, 1.807) is 0 Å². The van der Waals surface area contributed by atoms with Gasteiger partial charge in [-0.2, -0.15) is 0 Å². The number of ether oxygens (including phenoxy) is 2. The molecule has 0 unspecified atom stereocenters. The molecule has 0 saturated carbocycles. The summed E-state index contributed by atoms with van der Waals surface area (Å²) >= 11 is 0. The van der Waals surface area contributed by atoms with Crippen LogP contribution in [0.2, 0.25) is 0 Å². The van der Waals surface area contributed by atoms with E-state index in [0.29, 0.717) is 11.1 Å². The summed E-state index contributed by atoms with van der Waals surface area (Å²) < 4.78 is 9.08. The fourth-order valence-electron chi connectivity index (χ4n) is 1.10. The van der Waals surface area contributed by atoms with E-state index in [1.807, 2.05) is 0 Å². The lowest BCUT2D eigenvalue weighted by Gasteiger charge is -2.05. The van der Waals surface area contributed by atoms with Crippen LogP contribution in [0.25, 0.3) is 0 Å². The fraction of sp³-hybridized carbons (Fsp3) is 0.300. The molecule has 0 bridgehead atoms. The number of rotatable bonds is 3. The molecule has 0 aliphatic carbocycles. The topological polar surface area (TPSA) is 65.5 Å². The molecule has 0 aliphatic rings. The third-order valence-electron chi connectivity index (χ3n) is 1.87. The normalized spacial score (nSPS) is 9.47. The van der Waals surface area contributed by atoms with Crippen molar-refractivity contribution in [2.24, 2.45) is 0 Å². The first-order valence-electron chi connectivity index (χ1n) is 4.27. The van der Waals surface area contributed by atoms with Crippen LogP contribution in [0.1, 0.15) is 15.9 Å². The molecule has 5 heteroatoms. The standard InChI is InChI=1S/C10H11NO4/c1-14-9(12)5-7-6-11-4-3-8(7)10(13)15-2/h3-4,6H,5H2,1-2H3. The number of esters is 2. The predicted octanol–water partition coefficient (Wildman–Crippen LogP) is 0.584. The van der Waals surface area contributed by atoms with Gasteiger partial charge in [0.1, 0.15) is 0 Å². The lowest BCUT2D eigenvalue weighted by Crippen LogP contribution is -2.11. The van der Waals surface area contributed by atoms with Crippen LogP contribution in [-0.4, -0.2) is 31.1 Å². The first-order chi connectivity index (χ1) is 7.19. The van der Waals surface area contributed by atoms with E-state index in [4.69, 9.17) is 0 Å². The fourth-order valence-corrected chi connectivity index (χ4v) is 1.10. The third-order valence-corrected chi connectivity index (χ3v) is 1.87. The molecule has 0 atom stereocenters. The molecule has 1 heterocycles. The Morgan fingerprint density at radius 1 is 1.33 bits per heavy atom. The number of methoxy groups -OCH3 is 2. The Morgan fingerprint density at radius 3 is 2.67 bits per heavy atom. The zero-order valence-electron chi connectivity index (χ0n) is 8.52. The first-order valence-corrected chi connectivity index (χ1v) is 4.27. The largest absolute Gasteiger partial charge is 0.469 e. The van der Waals surface area contributed by atoms with E-state index in [-0.39, 0.29) is 6.42 Å². The summed E-state index contributed by atoms with van der Waals surface area (Å²) in [5, 5.41) is 0. The van der Waals surface area contributed by atoms with Crippen molar-refractivity contribution in [3.05, 3.63) is 29.6 Å². The van der Waals surface area contributed by atoms with Crippen LogP contribution >= 0.6 is 0 Å². The Morgan fingerprint density at radius 2 is 2.07 bits per heavy atom. The number of nitrogens with zero attached hydrogens (tertiary/aromatic N) is 1. The van der Waals surface area contributed by atoms with Gasteiger partial charge in [0.15, 0.2) is 0 Å². The highest BCUT2D eigenvalue weighted by Crippen LogP contribution is 2.09. The molecule has 0 fully saturated rings. The predicted molar refractivity (Wildman–Crippen MR) is 51.3 cm³/mol. The molecule has 0 amide bonds. The van der Waals surface area contributed by atoms with Gasteiger partial charge in [-0.05, 0) is 11.6 Å². The van der Waals surface area contributed by atoms with Crippen LogP contribution in [0, 0.1) is 0 Å². The number of carbonyl (C=O) groups excluding carboxylic acids is 2.